The summed E-state index contributed by atoms with van der Waals surface area (Å²) in [5, 5.41) is 2.68. The van der Waals surface area contributed by atoms with Crippen LogP contribution in [0.5, 0.6) is 0 Å². The molecule has 142 valence electrons. The van der Waals surface area contributed by atoms with Crippen molar-refractivity contribution in [2.75, 3.05) is 6.61 Å². The zero-order chi connectivity index (χ0) is 19.9. The average molecular weight is 393 g/mol. The summed E-state index contributed by atoms with van der Waals surface area (Å²) in [6, 6.07) is 20.4. The lowest BCUT2D eigenvalue weighted by molar-refractivity contribution is -0.119. The monoisotopic (exact) mass is 393 g/mol. The molecule has 2 aromatic carbocycles. The van der Waals surface area contributed by atoms with Crippen LogP contribution in [0.25, 0.3) is 11.1 Å². The van der Waals surface area contributed by atoms with Crippen LogP contribution in [0.3, 0.4) is 0 Å². The highest BCUT2D eigenvalue weighted by atomic mass is 32.1. The fourth-order valence-electron chi connectivity index (χ4n) is 2.55. The Hall–Kier alpha value is -3.25. The standard InChI is InChI=1S/C22H19NO4S/c1-15(24)23-13-19-11-12-21(28-19)20(25)14-27-22(26)18-9-7-17(8-10-18)16-5-3-2-4-6-16/h2-12H,13-14H2,1H3,(H,23,24). The SMILES string of the molecule is CC(=O)NCc1ccc(C(=O)COC(=O)c2ccc(-c3ccccc3)cc2)s1. The number of Topliss-reactive ketones (excluding diaryl/α,β-unsaturated/α-hetero) is 1. The van der Waals surface area contributed by atoms with Crippen LogP contribution in [0, 0.1) is 0 Å². The van der Waals surface area contributed by atoms with Crippen LogP contribution < -0.4 is 5.32 Å². The highest BCUT2D eigenvalue weighted by molar-refractivity contribution is 7.14. The van der Waals surface area contributed by atoms with Gasteiger partial charge in [0.25, 0.3) is 0 Å². The first-order chi connectivity index (χ1) is 13.5. The molecule has 3 rings (SSSR count). The van der Waals surface area contributed by atoms with Gasteiger partial charge in [-0.25, -0.2) is 4.79 Å². The molecule has 0 spiro atoms. The predicted octanol–water partition coefficient (Wildman–Crippen LogP) is 4.09. The van der Waals surface area contributed by atoms with Gasteiger partial charge in [-0.3, -0.25) is 9.59 Å². The fraction of sp³-hybridized carbons (Fsp3) is 0.136. The van der Waals surface area contributed by atoms with Gasteiger partial charge in [0, 0.05) is 11.8 Å². The van der Waals surface area contributed by atoms with Crippen molar-refractivity contribution in [1.29, 1.82) is 0 Å². The van der Waals surface area contributed by atoms with Gasteiger partial charge >= 0.3 is 5.97 Å². The van der Waals surface area contributed by atoms with E-state index in [1.807, 2.05) is 42.5 Å². The lowest BCUT2D eigenvalue weighted by Crippen LogP contribution is -2.18. The van der Waals surface area contributed by atoms with Crippen molar-refractivity contribution in [2.24, 2.45) is 0 Å². The molecule has 1 amide bonds. The molecule has 0 fully saturated rings. The van der Waals surface area contributed by atoms with E-state index >= 15 is 0 Å². The number of nitrogens with one attached hydrogen (secondary N) is 1. The van der Waals surface area contributed by atoms with E-state index in [2.05, 4.69) is 5.32 Å². The molecule has 0 aliphatic carbocycles. The second-order valence-corrected chi connectivity index (χ2v) is 7.29. The smallest absolute Gasteiger partial charge is 0.338 e. The second-order valence-electron chi connectivity index (χ2n) is 6.12. The number of esters is 1. The van der Waals surface area contributed by atoms with E-state index in [0.29, 0.717) is 17.0 Å². The molecular formula is C22H19NO4S. The summed E-state index contributed by atoms with van der Waals surface area (Å²) in [7, 11) is 0. The molecule has 3 aromatic rings. The largest absolute Gasteiger partial charge is 0.454 e. The summed E-state index contributed by atoms with van der Waals surface area (Å²) in [6.07, 6.45) is 0. The van der Waals surface area contributed by atoms with Gasteiger partial charge in [-0.2, -0.15) is 0 Å². The van der Waals surface area contributed by atoms with E-state index in [-0.39, 0.29) is 18.3 Å². The first kappa shape index (κ1) is 19.5. The number of hydrogen-bond donors (Lipinski definition) is 1. The van der Waals surface area contributed by atoms with Crippen LogP contribution in [-0.4, -0.2) is 24.3 Å². The van der Waals surface area contributed by atoms with E-state index in [0.717, 1.165) is 16.0 Å². The second kappa shape index (κ2) is 9.10. The Morgan fingerprint density at radius 2 is 1.57 bits per heavy atom. The van der Waals surface area contributed by atoms with Crippen molar-refractivity contribution in [3.05, 3.63) is 82.0 Å². The maximum atomic E-state index is 12.2. The molecule has 6 heteroatoms. The maximum absolute atomic E-state index is 12.2. The number of rotatable bonds is 7. The summed E-state index contributed by atoms with van der Waals surface area (Å²) < 4.78 is 5.15. The van der Waals surface area contributed by atoms with Gasteiger partial charge < -0.3 is 10.1 Å². The third kappa shape index (κ3) is 5.14. The van der Waals surface area contributed by atoms with Gasteiger partial charge in [0.1, 0.15) is 0 Å². The summed E-state index contributed by atoms with van der Waals surface area (Å²) in [4.78, 5) is 36.7. The summed E-state index contributed by atoms with van der Waals surface area (Å²) >= 11 is 1.27. The topological polar surface area (TPSA) is 72.5 Å². The van der Waals surface area contributed by atoms with Gasteiger partial charge in [-0.05, 0) is 35.4 Å². The average Bonchev–Trinajstić information content (AvgIpc) is 3.20. The van der Waals surface area contributed by atoms with Crippen LogP contribution in [0.2, 0.25) is 0 Å². The molecule has 1 N–H and O–H groups in total. The molecular weight excluding hydrogens is 374 g/mol. The molecule has 1 aromatic heterocycles. The van der Waals surface area contributed by atoms with Gasteiger partial charge in [0.05, 0.1) is 17.0 Å². The van der Waals surface area contributed by atoms with Crippen LogP contribution in [0.15, 0.2) is 66.7 Å². The minimum atomic E-state index is -0.539. The Morgan fingerprint density at radius 3 is 2.25 bits per heavy atom. The first-order valence-electron chi connectivity index (χ1n) is 8.72. The normalized spacial score (nSPS) is 10.3. The van der Waals surface area contributed by atoms with Crippen molar-refractivity contribution in [2.45, 2.75) is 13.5 Å². The minimum absolute atomic E-state index is 0.131. The van der Waals surface area contributed by atoms with Crippen LogP contribution in [0.1, 0.15) is 31.8 Å². The summed E-state index contributed by atoms with van der Waals surface area (Å²) in [5.41, 5.74) is 2.45. The molecule has 0 atom stereocenters. The number of carbonyl (C=O) groups excluding carboxylic acids is 3. The van der Waals surface area contributed by atoms with E-state index in [4.69, 9.17) is 4.74 Å². The molecule has 0 saturated heterocycles. The number of benzene rings is 2. The Labute approximate surface area is 167 Å². The Balaban J connectivity index is 1.55. The van der Waals surface area contributed by atoms with Crippen molar-refractivity contribution < 1.29 is 19.1 Å². The van der Waals surface area contributed by atoms with E-state index < -0.39 is 5.97 Å². The van der Waals surface area contributed by atoms with Crippen LogP contribution >= 0.6 is 11.3 Å². The highest BCUT2D eigenvalue weighted by Crippen LogP contribution is 2.20. The Bertz CT molecular complexity index is 977. The molecule has 5 nitrogen and oxygen atoms in total. The van der Waals surface area contributed by atoms with Crippen molar-refractivity contribution in [3.8, 4) is 11.1 Å². The molecule has 0 aliphatic heterocycles. The van der Waals surface area contributed by atoms with Gasteiger partial charge in [-0.15, -0.1) is 11.3 Å². The molecule has 0 saturated carbocycles. The molecule has 1 heterocycles. The highest BCUT2D eigenvalue weighted by Gasteiger charge is 2.14. The zero-order valence-corrected chi connectivity index (χ0v) is 16.1. The third-order valence-corrected chi connectivity index (χ3v) is 5.14. The van der Waals surface area contributed by atoms with Crippen molar-refractivity contribution in [3.63, 3.8) is 0 Å². The lowest BCUT2D eigenvalue weighted by atomic mass is 10.0. The minimum Gasteiger partial charge on any atom is -0.454 e. The van der Waals surface area contributed by atoms with Crippen molar-refractivity contribution in [1.82, 2.24) is 5.32 Å². The predicted molar refractivity (Wildman–Crippen MR) is 108 cm³/mol. The first-order valence-corrected chi connectivity index (χ1v) is 9.53. The Kier molecular flexibility index (Phi) is 6.34. The maximum Gasteiger partial charge on any atom is 0.338 e. The number of thiophene rings is 1. The Morgan fingerprint density at radius 1 is 0.893 bits per heavy atom. The molecule has 28 heavy (non-hydrogen) atoms. The molecule has 0 unspecified atom stereocenters. The van der Waals surface area contributed by atoms with Crippen molar-refractivity contribution >= 4 is 29.0 Å². The number of amides is 1. The quantitative estimate of drug-likeness (QED) is 0.485. The molecule has 0 radical (unpaired) electrons. The number of carbonyl (C=O) groups is 3. The number of hydrogen-bond acceptors (Lipinski definition) is 5. The fourth-order valence-corrected chi connectivity index (χ4v) is 3.42. The number of ketones is 1. The van der Waals surface area contributed by atoms with Crippen LogP contribution in [-0.2, 0) is 16.1 Å². The third-order valence-electron chi connectivity index (χ3n) is 4.01. The van der Waals surface area contributed by atoms with Gasteiger partial charge in [0.15, 0.2) is 6.61 Å². The van der Waals surface area contributed by atoms with Crippen LogP contribution in [0.4, 0.5) is 0 Å². The number of ether oxygens (including phenoxy) is 1. The zero-order valence-electron chi connectivity index (χ0n) is 15.3. The van der Waals surface area contributed by atoms with Gasteiger partial charge in [-0.1, -0.05) is 42.5 Å². The summed E-state index contributed by atoms with van der Waals surface area (Å²) in [5.74, 6) is -0.940. The lowest BCUT2D eigenvalue weighted by Gasteiger charge is -2.05. The molecule has 0 bridgehead atoms. The van der Waals surface area contributed by atoms with Gasteiger partial charge in [0.2, 0.25) is 11.7 Å². The van der Waals surface area contributed by atoms with E-state index in [9.17, 15) is 14.4 Å². The van der Waals surface area contributed by atoms with E-state index in [1.54, 1.807) is 24.3 Å². The summed E-state index contributed by atoms with van der Waals surface area (Å²) in [6.45, 7) is 1.49. The van der Waals surface area contributed by atoms with E-state index in [1.165, 1.54) is 18.3 Å². The molecule has 0 aliphatic rings.